The van der Waals surface area contributed by atoms with E-state index in [0.717, 1.165) is 38.5 Å². The average Bonchev–Trinajstić information content (AvgIpc) is 2.76. The fourth-order valence-corrected chi connectivity index (χ4v) is 4.70. The molecule has 2 atom stereocenters. The molecule has 0 N–H and O–H groups in total. The number of hydrogen-bond acceptors (Lipinski definition) is 6. The lowest BCUT2D eigenvalue weighted by Crippen LogP contribution is -2.25. The van der Waals surface area contributed by atoms with Crippen molar-refractivity contribution in [3.63, 3.8) is 0 Å². The van der Waals surface area contributed by atoms with Crippen molar-refractivity contribution in [3.05, 3.63) is 48.5 Å². The summed E-state index contributed by atoms with van der Waals surface area (Å²) in [6.45, 7) is 1.40. The van der Waals surface area contributed by atoms with E-state index >= 15 is 0 Å². The van der Waals surface area contributed by atoms with Crippen LogP contribution in [0.3, 0.4) is 0 Å². The molecule has 7 heteroatoms. The Morgan fingerprint density at radius 3 is 1.41 bits per heavy atom. The normalized spacial score (nSPS) is 22.8. The Labute approximate surface area is 171 Å². The van der Waals surface area contributed by atoms with Crippen LogP contribution in [0.25, 0.3) is 0 Å². The molecule has 0 bridgehead atoms. The molecule has 0 amide bonds. The fourth-order valence-electron chi connectivity index (χ4n) is 3.44. The van der Waals surface area contributed by atoms with Crippen molar-refractivity contribution in [3.8, 4) is 11.5 Å². The lowest BCUT2D eigenvalue weighted by molar-refractivity contribution is -0.106. The molecule has 4 rings (SSSR count). The van der Waals surface area contributed by atoms with Gasteiger partial charge in [-0.15, -0.1) is 0 Å². The monoisotopic (exact) mass is 418 g/mol. The van der Waals surface area contributed by atoms with E-state index in [0.29, 0.717) is 24.7 Å². The smallest absolute Gasteiger partial charge is 0.206 e. The predicted octanol–water partition coefficient (Wildman–Crippen LogP) is 4.33. The van der Waals surface area contributed by atoms with E-state index in [1.807, 2.05) is 0 Å². The van der Waals surface area contributed by atoms with E-state index in [1.165, 1.54) is 0 Å². The van der Waals surface area contributed by atoms with Crippen LogP contribution in [0.2, 0.25) is 0 Å². The molecule has 0 spiro atoms. The Morgan fingerprint density at radius 2 is 1.07 bits per heavy atom. The maximum absolute atomic E-state index is 12.9. The van der Waals surface area contributed by atoms with Crippen LogP contribution in [-0.2, 0) is 19.3 Å². The zero-order valence-electron chi connectivity index (χ0n) is 16.3. The van der Waals surface area contributed by atoms with Crippen LogP contribution in [0.4, 0.5) is 0 Å². The van der Waals surface area contributed by atoms with Crippen LogP contribution >= 0.6 is 0 Å². The maximum Gasteiger partial charge on any atom is 0.206 e. The Morgan fingerprint density at radius 1 is 0.655 bits per heavy atom. The summed E-state index contributed by atoms with van der Waals surface area (Å²) in [5.41, 5.74) is 0. The largest absolute Gasteiger partial charge is 0.465 e. The summed E-state index contributed by atoms with van der Waals surface area (Å²) >= 11 is 0. The van der Waals surface area contributed by atoms with E-state index in [9.17, 15) is 8.42 Å². The minimum Gasteiger partial charge on any atom is -0.465 e. The fraction of sp³-hybridized carbons (Fsp3) is 0.455. The van der Waals surface area contributed by atoms with Gasteiger partial charge in [-0.05, 0) is 74.2 Å². The Hall–Kier alpha value is -2.09. The van der Waals surface area contributed by atoms with Crippen molar-refractivity contribution < 1.29 is 27.4 Å². The third-order valence-corrected chi connectivity index (χ3v) is 6.86. The van der Waals surface area contributed by atoms with E-state index in [4.69, 9.17) is 18.9 Å². The Balaban J connectivity index is 1.41. The van der Waals surface area contributed by atoms with Gasteiger partial charge in [0.25, 0.3) is 0 Å². The minimum absolute atomic E-state index is 0.221. The van der Waals surface area contributed by atoms with Crippen molar-refractivity contribution >= 4 is 9.84 Å². The maximum atomic E-state index is 12.9. The van der Waals surface area contributed by atoms with Gasteiger partial charge in [0.15, 0.2) is 12.6 Å². The molecule has 2 aliphatic heterocycles. The van der Waals surface area contributed by atoms with Crippen LogP contribution in [0, 0.1) is 0 Å². The zero-order valence-corrected chi connectivity index (χ0v) is 17.1. The topological polar surface area (TPSA) is 71.1 Å². The van der Waals surface area contributed by atoms with Gasteiger partial charge in [0, 0.05) is 12.8 Å². The molecule has 2 unspecified atom stereocenters. The predicted molar refractivity (Wildman–Crippen MR) is 107 cm³/mol. The van der Waals surface area contributed by atoms with Gasteiger partial charge in [0.2, 0.25) is 9.84 Å². The molecular weight excluding hydrogens is 392 g/mol. The molecule has 29 heavy (non-hydrogen) atoms. The highest BCUT2D eigenvalue weighted by atomic mass is 32.2. The summed E-state index contributed by atoms with van der Waals surface area (Å²) in [7, 11) is -3.61. The molecule has 2 heterocycles. The average molecular weight is 419 g/mol. The first kappa shape index (κ1) is 20.2. The molecular formula is C22H26O6S. The number of ether oxygens (including phenoxy) is 4. The van der Waals surface area contributed by atoms with Crippen molar-refractivity contribution in [1.29, 1.82) is 0 Å². The molecule has 0 radical (unpaired) electrons. The summed E-state index contributed by atoms with van der Waals surface area (Å²) in [5.74, 6) is 1.21. The SMILES string of the molecule is O=S(=O)(c1ccc(OC2CCCCO2)cc1)c1ccc(OC2CCCCO2)cc1. The molecule has 2 fully saturated rings. The van der Waals surface area contributed by atoms with E-state index < -0.39 is 9.84 Å². The molecule has 0 aromatic heterocycles. The third kappa shape index (κ3) is 5.10. The first-order valence-electron chi connectivity index (χ1n) is 10.1. The lowest BCUT2D eigenvalue weighted by atomic mass is 10.2. The molecule has 2 aliphatic rings. The van der Waals surface area contributed by atoms with Gasteiger partial charge in [0.1, 0.15) is 11.5 Å². The van der Waals surface area contributed by atoms with Crippen LogP contribution in [0.15, 0.2) is 58.3 Å². The second-order valence-electron chi connectivity index (χ2n) is 7.27. The Kier molecular flexibility index (Phi) is 6.37. The van der Waals surface area contributed by atoms with Gasteiger partial charge in [-0.25, -0.2) is 8.42 Å². The first-order valence-corrected chi connectivity index (χ1v) is 11.6. The van der Waals surface area contributed by atoms with Crippen molar-refractivity contribution in [1.82, 2.24) is 0 Å². The third-order valence-electron chi connectivity index (χ3n) is 5.08. The zero-order chi connectivity index (χ0) is 20.1. The Bertz CT molecular complexity index is 810. The van der Waals surface area contributed by atoms with Gasteiger partial charge in [-0.3, -0.25) is 0 Å². The van der Waals surface area contributed by atoms with Crippen LogP contribution < -0.4 is 9.47 Å². The van der Waals surface area contributed by atoms with E-state index in [-0.39, 0.29) is 22.4 Å². The van der Waals surface area contributed by atoms with Crippen LogP contribution in [-0.4, -0.2) is 34.2 Å². The molecule has 2 aromatic carbocycles. The number of benzene rings is 2. The number of sulfone groups is 1. The highest BCUT2D eigenvalue weighted by molar-refractivity contribution is 7.91. The van der Waals surface area contributed by atoms with Crippen LogP contribution in [0.5, 0.6) is 11.5 Å². The number of hydrogen-bond donors (Lipinski definition) is 0. The summed E-state index contributed by atoms with van der Waals surface area (Å²) in [4.78, 5) is 0.442. The highest BCUT2D eigenvalue weighted by Gasteiger charge is 2.20. The lowest BCUT2D eigenvalue weighted by Gasteiger charge is -2.23. The standard InChI is InChI=1S/C22H26O6S/c23-29(24,19-11-7-17(8-12-19)27-21-5-1-3-15-25-21)20-13-9-18(10-14-20)28-22-6-2-4-16-26-22/h7-14,21-22H,1-6,15-16H2. The summed E-state index contributed by atoms with van der Waals surface area (Å²) < 4.78 is 48.5. The molecule has 2 aromatic rings. The van der Waals surface area contributed by atoms with Crippen molar-refractivity contribution in [2.45, 2.75) is 60.9 Å². The van der Waals surface area contributed by atoms with E-state index in [2.05, 4.69) is 0 Å². The van der Waals surface area contributed by atoms with Gasteiger partial charge < -0.3 is 18.9 Å². The molecule has 0 aliphatic carbocycles. The second kappa shape index (κ2) is 9.15. The highest BCUT2D eigenvalue weighted by Crippen LogP contribution is 2.27. The molecule has 6 nitrogen and oxygen atoms in total. The van der Waals surface area contributed by atoms with Crippen LogP contribution in [0.1, 0.15) is 38.5 Å². The van der Waals surface area contributed by atoms with E-state index in [1.54, 1.807) is 48.5 Å². The summed E-state index contributed by atoms with van der Waals surface area (Å²) in [6.07, 6.45) is 5.43. The molecule has 0 saturated carbocycles. The molecule has 2 saturated heterocycles. The summed E-state index contributed by atoms with van der Waals surface area (Å²) in [5, 5.41) is 0. The van der Waals surface area contributed by atoms with Crippen molar-refractivity contribution in [2.75, 3.05) is 13.2 Å². The molecule has 156 valence electrons. The van der Waals surface area contributed by atoms with Gasteiger partial charge in [-0.2, -0.15) is 0 Å². The van der Waals surface area contributed by atoms with Gasteiger partial charge >= 0.3 is 0 Å². The second-order valence-corrected chi connectivity index (χ2v) is 9.22. The van der Waals surface area contributed by atoms with Gasteiger partial charge in [0.05, 0.1) is 23.0 Å². The quantitative estimate of drug-likeness (QED) is 0.695. The first-order chi connectivity index (χ1) is 14.1. The number of rotatable bonds is 6. The summed E-state index contributed by atoms with van der Waals surface area (Å²) in [6, 6.07) is 12.9. The van der Waals surface area contributed by atoms with Gasteiger partial charge in [-0.1, -0.05) is 0 Å². The van der Waals surface area contributed by atoms with Crippen molar-refractivity contribution in [2.24, 2.45) is 0 Å². The minimum atomic E-state index is -3.61.